The van der Waals surface area contributed by atoms with E-state index in [0.717, 1.165) is 3.57 Å². The Kier molecular flexibility index (Phi) is 4.31. The van der Waals surface area contributed by atoms with Gasteiger partial charge in [0.25, 0.3) is 0 Å². The van der Waals surface area contributed by atoms with Crippen molar-refractivity contribution in [3.05, 3.63) is 45.8 Å². The molecule has 0 saturated carbocycles. The van der Waals surface area contributed by atoms with E-state index in [4.69, 9.17) is 0 Å². The molecule has 1 aromatic carbocycles. The van der Waals surface area contributed by atoms with Gasteiger partial charge in [-0.05, 0) is 41.6 Å². The summed E-state index contributed by atoms with van der Waals surface area (Å²) in [6.45, 7) is 1.64. The Hall–Kier alpha value is -1.70. The van der Waals surface area contributed by atoms with Crippen molar-refractivity contribution in [2.75, 3.05) is 5.32 Å². The van der Waals surface area contributed by atoms with Crippen molar-refractivity contribution in [3.8, 4) is 0 Å². The van der Waals surface area contributed by atoms with E-state index in [0.29, 0.717) is 11.3 Å². The molecular formula is C13H12IN3O2. The van der Waals surface area contributed by atoms with Gasteiger partial charge in [-0.25, -0.2) is 0 Å². The van der Waals surface area contributed by atoms with E-state index < -0.39 is 0 Å². The topological polar surface area (TPSA) is 64.0 Å². The van der Waals surface area contributed by atoms with Crippen LogP contribution in [-0.2, 0) is 11.3 Å². The number of Topliss-reactive ketones (excluding diaryl/α,β-unsaturated/α-hetero) is 1. The van der Waals surface area contributed by atoms with Gasteiger partial charge in [0, 0.05) is 17.4 Å². The Morgan fingerprint density at radius 1 is 1.42 bits per heavy atom. The van der Waals surface area contributed by atoms with Crippen molar-refractivity contribution in [2.24, 2.45) is 0 Å². The molecule has 0 unspecified atom stereocenters. The lowest BCUT2D eigenvalue weighted by Gasteiger charge is -2.06. The van der Waals surface area contributed by atoms with Crippen molar-refractivity contribution in [1.82, 2.24) is 9.78 Å². The molecular weight excluding hydrogens is 357 g/mol. The van der Waals surface area contributed by atoms with Crippen molar-refractivity contribution >= 4 is 40.0 Å². The lowest BCUT2D eigenvalue weighted by atomic mass is 10.1. The second kappa shape index (κ2) is 5.96. The van der Waals surface area contributed by atoms with E-state index >= 15 is 0 Å². The molecule has 0 fully saturated rings. The van der Waals surface area contributed by atoms with E-state index in [1.807, 2.05) is 0 Å². The zero-order valence-electron chi connectivity index (χ0n) is 10.3. The zero-order chi connectivity index (χ0) is 13.8. The molecule has 6 heteroatoms. The number of hydrogen-bond acceptors (Lipinski definition) is 3. The van der Waals surface area contributed by atoms with Gasteiger partial charge in [0.2, 0.25) is 5.91 Å². The molecule has 5 nitrogen and oxygen atoms in total. The maximum Gasteiger partial charge on any atom is 0.246 e. The molecule has 0 atom stereocenters. The number of amides is 1. The van der Waals surface area contributed by atoms with Crippen LogP contribution in [0.5, 0.6) is 0 Å². The molecule has 1 heterocycles. The number of hydrogen-bond donors (Lipinski definition) is 1. The molecule has 0 radical (unpaired) electrons. The molecule has 0 bridgehead atoms. The largest absolute Gasteiger partial charge is 0.324 e. The summed E-state index contributed by atoms with van der Waals surface area (Å²) < 4.78 is 2.54. The number of nitrogens with zero attached hydrogens (tertiary/aromatic N) is 2. The minimum absolute atomic E-state index is 0.0299. The van der Waals surface area contributed by atoms with Gasteiger partial charge in [-0.3, -0.25) is 14.3 Å². The van der Waals surface area contributed by atoms with Crippen molar-refractivity contribution in [3.63, 3.8) is 0 Å². The Bertz CT molecular complexity index is 622. The summed E-state index contributed by atoms with van der Waals surface area (Å²) >= 11 is 2.13. The highest BCUT2D eigenvalue weighted by Gasteiger charge is 2.06. The fraction of sp³-hybridized carbons (Fsp3) is 0.154. The minimum Gasteiger partial charge on any atom is -0.324 e. The molecule has 98 valence electrons. The van der Waals surface area contributed by atoms with Crippen LogP contribution in [0.25, 0.3) is 0 Å². The van der Waals surface area contributed by atoms with Crippen LogP contribution in [0.2, 0.25) is 0 Å². The standard InChI is InChI=1S/C13H12IN3O2/c1-9(18)10-3-2-4-12(5-10)16-13(19)8-17-7-11(14)6-15-17/h2-7H,8H2,1H3,(H,16,19). The maximum absolute atomic E-state index is 11.8. The summed E-state index contributed by atoms with van der Waals surface area (Å²) in [6.07, 6.45) is 3.47. The normalized spacial score (nSPS) is 10.2. The van der Waals surface area contributed by atoms with Gasteiger partial charge in [-0.2, -0.15) is 5.10 Å². The maximum atomic E-state index is 11.8. The quantitative estimate of drug-likeness (QED) is 0.665. The lowest BCUT2D eigenvalue weighted by Crippen LogP contribution is -2.19. The molecule has 0 aliphatic carbocycles. The molecule has 0 aliphatic rings. The molecule has 0 spiro atoms. The second-order valence-corrected chi connectivity index (χ2v) is 5.29. The van der Waals surface area contributed by atoms with E-state index in [1.54, 1.807) is 41.3 Å². The zero-order valence-corrected chi connectivity index (χ0v) is 12.4. The number of nitrogens with one attached hydrogen (secondary N) is 1. The number of halogens is 1. The minimum atomic E-state index is -0.180. The fourth-order valence-corrected chi connectivity index (χ4v) is 2.03. The highest BCUT2D eigenvalue weighted by Crippen LogP contribution is 2.11. The van der Waals surface area contributed by atoms with E-state index in [1.165, 1.54) is 6.92 Å². The van der Waals surface area contributed by atoms with Crippen LogP contribution < -0.4 is 5.32 Å². The molecule has 0 saturated heterocycles. The van der Waals surface area contributed by atoms with E-state index in [-0.39, 0.29) is 18.2 Å². The Morgan fingerprint density at radius 2 is 2.21 bits per heavy atom. The third kappa shape index (κ3) is 3.88. The summed E-state index contributed by atoms with van der Waals surface area (Å²) in [5.41, 5.74) is 1.19. The highest BCUT2D eigenvalue weighted by molar-refractivity contribution is 14.1. The van der Waals surface area contributed by atoms with Gasteiger partial charge in [-0.1, -0.05) is 12.1 Å². The fourth-order valence-electron chi connectivity index (χ4n) is 1.59. The molecule has 0 aliphatic heterocycles. The third-order valence-electron chi connectivity index (χ3n) is 2.46. The lowest BCUT2D eigenvalue weighted by molar-refractivity contribution is -0.116. The summed E-state index contributed by atoms with van der Waals surface area (Å²) in [5.74, 6) is -0.210. The molecule has 1 N–H and O–H groups in total. The number of rotatable bonds is 4. The van der Waals surface area contributed by atoms with Gasteiger partial charge in [0.05, 0.1) is 9.77 Å². The van der Waals surface area contributed by atoms with Crippen LogP contribution >= 0.6 is 22.6 Å². The SMILES string of the molecule is CC(=O)c1cccc(NC(=O)Cn2cc(I)cn2)c1. The number of benzene rings is 1. The van der Waals surface area contributed by atoms with Gasteiger partial charge in [0.1, 0.15) is 6.54 Å². The number of aromatic nitrogens is 2. The average Bonchev–Trinajstić information content (AvgIpc) is 2.74. The van der Waals surface area contributed by atoms with E-state index in [9.17, 15) is 9.59 Å². The van der Waals surface area contributed by atoms with Crippen molar-refractivity contribution in [2.45, 2.75) is 13.5 Å². The summed E-state index contributed by atoms with van der Waals surface area (Å²) in [5, 5.41) is 6.78. The van der Waals surface area contributed by atoms with Gasteiger partial charge in [-0.15, -0.1) is 0 Å². The molecule has 2 aromatic rings. The second-order valence-electron chi connectivity index (χ2n) is 4.04. The first-order valence-electron chi connectivity index (χ1n) is 5.63. The van der Waals surface area contributed by atoms with Crippen LogP contribution in [-0.4, -0.2) is 21.5 Å². The first-order valence-corrected chi connectivity index (χ1v) is 6.71. The Labute approximate surface area is 124 Å². The van der Waals surface area contributed by atoms with Gasteiger partial charge < -0.3 is 5.32 Å². The molecule has 2 rings (SSSR count). The molecule has 1 amide bonds. The van der Waals surface area contributed by atoms with Crippen molar-refractivity contribution in [1.29, 1.82) is 0 Å². The van der Waals surface area contributed by atoms with Crippen LogP contribution in [0.15, 0.2) is 36.7 Å². The third-order valence-corrected chi connectivity index (χ3v) is 3.02. The number of carbonyl (C=O) groups is 2. The van der Waals surface area contributed by atoms with Gasteiger partial charge in [0.15, 0.2) is 5.78 Å². The highest BCUT2D eigenvalue weighted by atomic mass is 127. The van der Waals surface area contributed by atoms with Crippen LogP contribution in [0, 0.1) is 3.57 Å². The number of carbonyl (C=O) groups excluding carboxylic acids is 2. The smallest absolute Gasteiger partial charge is 0.246 e. The first kappa shape index (κ1) is 13.7. The molecule has 19 heavy (non-hydrogen) atoms. The summed E-state index contributed by atoms with van der Waals surface area (Å²) in [7, 11) is 0. The van der Waals surface area contributed by atoms with Crippen LogP contribution in [0.1, 0.15) is 17.3 Å². The average molecular weight is 369 g/mol. The van der Waals surface area contributed by atoms with Crippen LogP contribution in [0.3, 0.4) is 0 Å². The van der Waals surface area contributed by atoms with Crippen LogP contribution in [0.4, 0.5) is 5.69 Å². The number of anilines is 1. The molecule has 1 aromatic heterocycles. The Balaban J connectivity index is 2.02. The van der Waals surface area contributed by atoms with Crippen molar-refractivity contribution < 1.29 is 9.59 Å². The first-order chi connectivity index (χ1) is 9.04. The van der Waals surface area contributed by atoms with Gasteiger partial charge >= 0.3 is 0 Å². The predicted octanol–water partition coefficient (Wildman–Crippen LogP) is 2.33. The monoisotopic (exact) mass is 369 g/mol. The summed E-state index contributed by atoms with van der Waals surface area (Å²) in [4.78, 5) is 23.1. The summed E-state index contributed by atoms with van der Waals surface area (Å²) in [6, 6.07) is 6.86. The Morgan fingerprint density at radius 3 is 2.84 bits per heavy atom. The number of ketones is 1. The van der Waals surface area contributed by atoms with E-state index in [2.05, 4.69) is 33.0 Å². The predicted molar refractivity (Wildman–Crippen MR) is 80.0 cm³/mol.